The van der Waals surface area contributed by atoms with Gasteiger partial charge in [0.05, 0.1) is 18.0 Å². The Balaban J connectivity index is 2.35. The zero-order valence-electron chi connectivity index (χ0n) is 12.9. The molecular formula is C14H24N4O2. The molecule has 0 spiro atoms. The second-order valence-electron chi connectivity index (χ2n) is 5.38. The average Bonchev–Trinajstić information content (AvgIpc) is 2.65. The molecule has 0 aromatic carbocycles. The molecule has 1 rings (SSSR count). The summed E-state index contributed by atoms with van der Waals surface area (Å²) in [5.74, 6) is 0.275. The third-order valence-electron chi connectivity index (χ3n) is 2.61. The van der Waals surface area contributed by atoms with Crippen LogP contribution >= 0.6 is 0 Å². The molecule has 1 heterocycles. The third-order valence-corrected chi connectivity index (χ3v) is 2.61. The van der Waals surface area contributed by atoms with Gasteiger partial charge in [-0.1, -0.05) is 19.0 Å². The van der Waals surface area contributed by atoms with E-state index in [2.05, 4.69) is 15.6 Å². The van der Waals surface area contributed by atoms with E-state index in [1.165, 1.54) is 0 Å². The van der Waals surface area contributed by atoms with Gasteiger partial charge in [0.2, 0.25) is 0 Å². The van der Waals surface area contributed by atoms with Crippen LogP contribution < -0.4 is 5.32 Å². The molecule has 1 aromatic rings. The minimum Gasteiger partial charge on any atom is -0.386 e. The summed E-state index contributed by atoms with van der Waals surface area (Å²) in [5.41, 5.74) is 2.82. The Bertz CT molecular complexity index is 478. The van der Waals surface area contributed by atoms with Gasteiger partial charge >= 0.3 is 0 Å². The van der Waals surface area contributed by atoms with E-state index in [1.54, 1.807) is 0 Å². The van der Waals surface area contributed by atoms with Crippen molar-refractivity contribution < 1.29 is 9.63 Å². The summed E-state index contributed by atoms with van der Waals surface area (Å²) in [4.78, 5) is 16.5. The average molecular weight is 280 g/mol. The van der Waals surface area contributed by atoms with Crippen LogP contribution in [-0.2, 0) is 16.2 Å². The number of nitrogens with one attached hydrogen (secondary N) is 1. The molecule has 6 nitrogen and oxygen atoms in total. The van der Waals surface area contributed by atoms with Crippen molar-refractivity contribution in [2.24, 2.45) is 11.1 Å². The Morgan fingerprint density at radius 1 is 1.50 bits per heavy atom. The highest BCUT2D eigenvalue weighted by molar-refractivity contribution is 5.81. The predicted octanol–water partition coefficient (Wildman–Crippen LogP) is 1.66. The van der Waals surface area contributed by atoms with E-state index in [0.717, 1.165) is 17.1 Å². The molecule has 0 bridgehead atoms. The van der Waals surface area contributed by atoms with Crippen molar-refractivity contribution in [2.45, 2.75) is 41.2 Å². The number of hydrogen-bond acceptors (Lipinski definition) is 4. The first kappa shape index (κ1) is 16.2. The normalized spacial score (nSPS) is 11.8. The van der Waals surface area contributed by atoms with Gasteiger partial charge < -0.3 is 10.2 Å². The molecule has 6 heteroatoms. The van der Waals surface area contributed by atoms with E-state index in [-0.39, 0.29) is 12.5 Å². The molecule has 0 atom stereocenters. The molecule has 0 aliphatic heterocycles. The molecule has 20 heavy (non-hydrogen) atoms. The van der Waals surface area contributed by atoms with Crippen molar-refractivity contribution in [1.29, 1.82) is 0 Å². The fourth-order valence-electron chi connectivity index (χ4n) is 1.65. The first-order chi connectivity index (χ1) is 9.38. The predicted molar refractivity (Wildman–Crippen MR) is 78.6 cm³/mol. The highest BCUT2D eigenvalue weighted by Crippen LogP contribution is 2.02. The Kier molecular flexibility index (Phi) is 6.21. The summed E-state index contributed by atoms with van der Waals surface area (Å²) in [6.07, 6.45) is 0. The highest BCUT2D eigenvalue weighted by Gasteiger charge is 2.04. The zero-order valence-corrected chi connectivity index (χ0v) is 12.9. The van der Waals surface area contributed by atoms with Gasteiger partial charge in [-0.3, -0.25) is 9.48 Å². The van der Waals surface area contributed by atoms with Gasteiger partial charge in [-0.15, -0.1) is 0 Å². The summed E-state index contributed by atoms with van der Waals surface area (Å²) in [6, 6.07) is 2.01. The standard InChI is InChI=1S/C14H24N4O2/c1-10(2)7-15-14(19)9-20-17-12(4)8-18-13(5)6-11(3)16-18/h6,10H,7-9H2,1-5H3,(H,15,19). The first-order valence-electron chi connectivity index (χ1n) is 6.81. The van der Waals surface area contributed by atoms with Crippen molar-refractivity contribution in [3.8, 4) is 0 Å². The van der Waals surface area contributed by atoms with Crippen LogP contribution in [0.5, 0.6) is 0 Å². The number of oxime groups is 1. The lowest BCUT2D eigenvalue weighted by atomic mass is 10.2. The van der Waals surface area contributed by atoms with Gasteiger partial charge in [0.15, 0.2) is 6.61 Å². The van der Waals surface area contributed by atoms with E-state index in [1.807, 2.05) is 45.4 Å². The van der Waals surface area contributed by atoms with Crippen LogP contribution in [0.25, 0.3) is 0 Å². The maximum absolute atomic E-state index is 11.4. The zero-order chi connectivity index (χ0) is 15.1. The monoisotopic (exact) mass is 280 g/mol. The number of amides is 1. The number of carbonyl (C=O) groups is 1. The van der Waals surface area contributed by atoms with E-state index in [4.69, 9.17) is 4.84 Å². The Hall–Kier alpha value is -1.85. The first-order valence-corrected chi connectivity index (χ1v) is 6.81. The fourth-order valence-corrected chi connectivity index (χ4v) is 1.65. The van der Waals surface area contributed by atoms with Crippen molar-refractivity contribution in [1.82, 2.24) is 15.1 Å². The van der Waals surface area contributed by atoms with Gasteiger partial charge in [0.1, 0.15) is 0 Å². The largest absolute Gasteiger partial charge is 0.386 e. The molecule has 1 aromatic heterocycles. The molecule has 0 saturated carbocycles. The van der Waals surface area contributed by atoms with Crippen molar-refractivity contribution in [3.63, 3.8) is 0 Å². The number of aromatic nitrogens is 2. The topological polar surface area (TPSA) is 68.5 Å². The minimum atomic E-state index is -0.152. The summed E-state index contributed by atoms with van der Waals surface area (Å²) in [7, 11) is 0. The Morgan fingerprint density at radius 2 is 2.20 bits per heavy atom. The SMILES string of the molecule is CC(Cn1nc(C)cc1C)=NOCC(=O)NCC(C)C. The van der Waals surface area contributed by atoms with Crippen LogP contribution in [0, 0.1) is 19.8 Å². The maximum Gasteiger partial charge on any atom is 0.260 e. The molecule has 0 aliphatic rings. The van der Waals surface area contributed by atoms with E-state index in [0.29, 0.717) is 19.0 Å². The van der Waals surface area contributed by atoms with Gasteiger partial charge in [-0.25, -0.2) is 0 Å². The number of aryl methyl sites for hydroxylation is 2. The van der Waals surface area contributed by atoms with Crippen LogP contribution in [0.2, 0.25) is 0 Å². The second kappa shape index (κ2) is 7.67. The van der Waals surface area contributed by atoms with Crippen LogP contribution in [0.4, 0.5) is 0 Å². The van der Waals surface area contributed by atoms with Gasteiger partial charge in [-0.05, 0) is 32.8 Å². The smallest absolute Gasteiger partial charge is 0.260 e. The quantitative estimate of drug-likeness (QED) is 0.610. The van der Waals surface area contributed by atoms with Crippen molar-refractivity contribution in [2.75, 3.05) is 13.2 Å². The molecule has 112 valence electrons. The fraction of sp³-hybridized carbons (Fsp3) is 0.643. The number of nitrogens with zero attached hydrogens (tertiary/aromatic N) is 3. The molecule has 1 N–H and O–H groups in total. The highest BCUT2D eigenvalue weighted by atomic mass is 16.6. The second-order valence-corrected chi connectivity index (χ2v) is 5.38. The summed E-state index contributed by atoms with van der Waals surface area (Å²) >= 11 is 0. The lowest BCUT2D eigenvalue weighted by molar-refractivity contribution is -0.125. The Labute approximate surface area is 120 Å². The van der Waals surface area contributed by atoms with Crippen molar-refractivity contribution in [3.05, 3.63) is 17.5 Å². The summed E-state index contributed by atoms with van der Waals surface area (Å²) in [5, 5.41) is 11.0. The molecular weight excluding hydrogens is 256 g/mol. The molecule has 0 radical (unpaired) electrons. The van der Waals surface area contributed by atoms with E-state index in [9.17, 15) is 4.79 Å². The molecule has 0 fully saturated rings. The lowest BCUT2D eigenvalue weighted by Crippen LogP contribution is -2.30. The van der Waals surface area contributed by atoms with Crippen molar-refractivity contribution >= 4 is 11.6 Å². The number of hydrogen-bond donors (Lipinski definition) is 1. The number of rotatable bonds is 7. The van der Waals surface area contributed by atoms with E-state index >= 15 is 0 Å². The third kappa shape index (κ3) is 5.86. The molecule has 0 unspecified atom stereocenters. The van der Waals surface area contributed by atoms with Crippen LogP contribution in [0.3, 0.4) is 0 Å². The van der Waals surface area contributed by atoms with Gasteiger partial charge in [0, 0.05) is 12.2 Å². The van der Waals surface area contributed by atoms with Crippen LogP contribution in [-0.4, -0.2) is 34.6 Å². The Morgan fingerprint density at radius 3 is 2.75 bits per heavy atom. The van der Waals surface area contributed by atoms with E-state index < -0.39 is 0 Å². The lowest BCUT2D eigenvalue weighted by Gasteiger charge is -2.07. The van der Waals surface area contributed by atoms with Gasteiger partial charge in [0.25, 0.3) is 5.91 Å². The molecule has 0 aliphatic carbocycles. The van der Waals surface area contributed by atoms with Crippen LogP contribution in [0.15, 0.2) is 11.2 Å². The summed E-state index contributed by atoms with van der Waals surface area (Å²) in [6.45, 7) is 11.0. The maximum atomic E-state index is 11.4. The molecule has 1 amide bonds. The van der Waals surface area contributed by atoms with Crippen LogP contribution in [0.1, 0.15) is 32.2 Å². The summed E-state index contributed by atoms with van der Waals surface area (Å²) < 4.78 is 1.86. The molecule has 0 saturated heterocycles. The minimum absolute atomic E-state index is 0.0544. The van der Waals surface area contributed by atoms with Gasteiger partial charge in [-0.2, -0.15) is 5.10 Å². The number of carbonyl (C=O) groups excluding carboxylic acids is 1.